The Labute approximate surface area is 71.7 Å². The van der Waals surface area contributed by atoms with E-state index in [-0.39, 0.29) is 5.78 Å². The molecule has 0 radical (unpaired) electrons. The number of carbonyl (C=O) groups excluding carboxylic acids is 1. The van der Waals surface area contributed by atoms with Gasteiger partial charge in [-0.2, -0.15) is 0 Å². The summed E-state index contributed by atoms with van der Waals surface area (Å²) in [7, 11) is 0. The molecular formula is C10H11NO. The highest BCUT2D eigenvalue weighted by Crippen LogP contribution is 2.21. The lowest BCUT2D eigenvalue weighted by molar-refractivity contribution is -0.110. The first-order chi connectivity index (χ1) is 5.75. The molecule has 1 unspecified atom stereocenters. The minimum Gasteiger partial charge on any atom is -0.290 e. The van der Waals surface area contributed by atoms with Gasteiger partial charge in [-0.05, 0) is 43.6 Å². The molecule has 0 aromatic carbocycles. The summed E-state index contributed by atoms with van der Waals surface area (Å²) < 4.78 is 0. The molecule has 0 saturated heterocycles. The number of allylic oxidation sites excluding steroid dienone is 4. The Morgan fingerprint density at radius 1 is 1.50 bits per heavy atom. The van der Waals surface area contributed by atoms with E-state index in [0.29, 0.717) is 6.04 Å². The van der Waals surface area contributed by atoms with E-state index in [0.717, 1.165) is 24.1 Å². The van der Waals surface area contributed by atoms with Crippen molar-refractivity contribution in [1.82, 2.24) is 0 Å². The van der Waals surface area contributed by atoms with Crippen molar-refractivity contribution >= 4 is 11.5 Å². The number of aliphatic imine (C=N–C) groups is 1. The van der Waals surface area contributed by atoms with E-state index < -0.39 is 0 Å². The molecule has 62 valence electrons. The van der Waals surface area contributed by atoms with E-state index in [9.17, 15) is 4.79 Å². The van der Waals surface area contributed by atoms with Gasteiger partial charge in [0.25, 0.3) is 0 Å². The second-order valence-corrected chi connectivity index (χ2v) is 3.31. The molecule has 2 aliphatic rings. The highest BCUT2D eigenvalue weighted by Gasteiger charge is 2.17. The Hall–Kier alpha value is -1.18. The lowest BCUT2D eigenvalue weighted by Gasteiger charge is -2.19. The number of carbonyl (C=O) groups is 1. The average Bonchev–Trinajstić information content (AvgIpc) is 2.05. The second kappa shape index (κ2) is 2.70. The second-order valence-electron chi connectivity index (χ2n) is 3.31. The summed E-state index contributed by atoms with van der Waals surface area (Å²) in [4.78, 5) is 15.4. The molecule has 0 bridgehead atoms. The highest BCUT2D eigenvalue weighted by atomic mass is 16.1. The van der Waals surface area contributed by atoms with Gasteiger partial charge in [0.2, 0.25) is 0 Å². The van der Waals surface area contributed by atoms with Crippen LogP contribution in [0.3, 0.4) is 0 Å². The molecule has 1 atom stereocenters. The molecule has 0 spiro atoms. The molecule has 2 nitrogen and oxygen atoms in total. The van der Waals surface area contributed by atoms with Crippen LogP contribution in [0.1, 0.15) is 19.8 Å². The SMILES string of the molecule is CC1CCC2=CC(=O)C=CC2=N1. The zero-order valence-electron chi connectivity index (χ0n) is 7.08. The van der Waals surface area contributed by atoms with Gasteiger partial charge in [0.1, 0.15) is 0 Å². The van der Waals surface area contributed by atoms with Crippen molar-refractivity contribution in [1.29, 1.82) is 0 Å². The largest absolute Gasteiger partial charge is 0.290 e. The van der Waals surface area contributed by atoms with Crippen LogP contribution in [0.25, 0.3) is 0 Å². The van der Waals surface area contributed by atoms with Gasteiger partial charge in [0, 0.05) is 6.04 Å². The molecule has 2 rings (SSSR count). The Morgan fingerprint density at radius 3 is 3.17 bits per heavy atom. The van der Waals surface area contributed by atoms with Gasteiger partial charge in [-0.3, -0.25) is 9.79 Å². The fourth-order valence-electron chi connectivity index (χ4n) is 1.55. The minimum atomic E-state index is 0.0958. The third-order valence-electron chi connectivity index (χ3n) is 2.24. The Kier molecular flexibility index (Phi) is 1.68. The van der Waals surface area contributed by atoms with E-state index in [2.05, 4.69) is 11.9 Å². The van der Waals surface area contributed by atoms with Crippen LogP contribution in [0.4, 0.5) is 0 Å². The van der Waals surface area contributed by atoms with E-state index in [4.69, 9.17) is 0 Å². The first kappa shape index (κ1) is 7.47. The summed E-state index contributed by atoms with van der Waals surface area (Å²) in [6.45, 7) is 2.11. The summed E-state index contributed by atoms with van der Waals surface area (Å²) in [5.41, 5.74) is 2.12. The van der Waals surface area contributed by atoms with Crippen molar-refractivity contribution in [3.05, 3.63) is 23.8 Å². The van der Waals surface area contributed by atoms with Crippen LogP contribution in [0.2, 0.25) is 0 Å². The fourth-order valence-corrected chi connectivity index (χ4v) is 1.55. The molecule has 12 heavy (non-hydrogen) atoms. The maximum Gasteiger partial charge on any atom is 0.179 e. The van der Waals surface area contributed by atoms with Crippen molar-refractivity contribution in [2.24, 2.45) is 4.99 Å². The van der Waals surface area contributed by atoms with Gasteiger partial charge in [0.15, 0.2) is 5.78 Å². The fraction of sp³-hybridized carbons (Fsp3) is 0.400. The lowest BCUT2D eigenvalue weighted by atomic mass is 9.93. The molecule has 1 aliphatic carbocycles. The standard InChI is InChI=1S/C10H11NO/c1-7-2-3-8-6-9(12)4-5-10(8)11-7/h4-7H,2-3H2,1H3. The normalized spacial score (nSPS) is 27.8. The van der Waals surface area contributed by atoms with Crippen LogP contribution >= 0.6 is 0 Å². The Morgan fingerprint density at radius 2 is 2.33 bits per heavy atom. The third kappa shape index (κ3) is 1.24. The summed E-state index contributed by atoms with van der Waals surface area (Å²) in [6.07, 6.45) is 7.17. The van der Waals surface area contributed by atoms with Gasteiger partial charge >= 0.3 is 0 Å². The van der Waals surface area contributed by atoms with Gasteiger partial charge in [0.05, 0.1) is 5.71 Å². The predicted molar refractivity (Wildman–Crippen MR) is 48.4 cm³/mol. The molecule has 0 aromatic heterocycles. The van der Waals surface area contributed by atoms with E-state index in [1.807, 2.05) is 6.08 Å². The lowest BCUT2D eigenvalue weighted by Crippen LogP contribution is -2.17. The van der Waals surface area contributed by atoms with E-state index in [1.54, 1.807) is 12.2 Å². The third-order valence-corrected chi connectivity index (χ3v) is 2.24. The van der Waals surface area contributed by atoms with Crippen LogP contribution in [-0.2, 0) is 4.79 Å². The van der Waals surface area contributed by atoms with E-state index >= 15 is 0 Å². The average molecular weight is 161 g/mol. The van der Waals surface area contributed by atoms with E-state index in [1.165, 1.54) is 0 Å². The maximum absolute atomic E-state index is 11.0. The van der Waals surface area contributed by atoms with Gasteiger partial charge in [-0.15, -0.1) is 0 Å². The summed E-state index contributed by atoms with van der Waals surface area (Å²) in [6, 6.07) is 0.412. The first-order valence-electron chi connectivity index (χ1n) is 4.26. The van der Waals surface area contributed by atoms with Crippen molar-refractivity contribution in [2.75, 3.05) is 0 Å². The zero-order valence-corrected chi connectivity index (χ0v) is 7.08. The minimum absolute atomic E-state index is 0.0958. The number of fused-ring (bicyclic) bond motifs is 1. The number of nitrogens with zero attached hydrogens (tertiary/aromatic N) is 1. The Balaban J connectivity index is 2.36. The number of hydrogen-bond donors (Lipinski definition) is 0. The van der Waals surface area contributed by atoms with Gasteiger partial charge in [-0.25, -0.2) is 0 Å². The molecule has 0 amide bonds. The molecule has 0 N–H and O–H groups in total. The zero-order chi connectivity index (χ0) is 8.55. The molecule has 0 fully saturated rings. The number of hydrogen-bond acceptors (Lipinski definition) is 2. The number of ketones is 1. The highest BCUT2D eigenvalue weighted by molar-refractivity contribution is 6.19. The smallest absolute Gasteiger partial charge is 0.179 e. The molecule has 0 aromatic rings. The van der Waals surface area contributed by atoms with Gasteiger partial charge < -0.3 is 0 Å². The molecule has 2 heteroatoms. The molecular weight excluding hydrogens is 150 g/mol. The summed E-state index contributed by atoms with van der Waals surface area (Å²) >= 11 is 0. The van der Waals surface area contributed by atoms with Crippen LogP contribution in [-0.4, -0.2) is 17.5 Å². The monoisotopic (exact) mass is 161 g/mol. The molecule has 1 aliphatic heterocycles. The van der Waals surface area contributed by atoms with Crippen LogP contribution in [0.15, 0.2) is 28.8 Å². The van der Waals surface area contributed by atoms with Crippen molar-refractivity contribution in [3.63, 3.8) is 0 Å². The summed E-state index contributed by atoms with van der Waals surface area (Å²) in [5, 5.41) is 0. The Bertz CT molecular complexity index is 310. The van der Waals surface area contributed by atoms with Crippen LogP contribution in [0.5, 0.6) is 0 Å². The predicted octanol–water partition coefficient (Wildman–Crippen LogP) is 1.68. The number of rotatable bonds is 0. The molecule has 0 saturated carbocycles. The summed E-state index contributed by atoms with van der Waals surface area (Å²) in [5.74, 6) is 0.0958. The van der Waals surface area contributed by atoms with Crippen molar-refractivity contribution in [2.45, 2.75) is 25.8 Å². The topological polar surface area (TPSA) is 29.4 Å². The van der Waals surface area contributed by atoms with Crippen molar-refractivity contribution < 1.29 is 4.79 Å². The maximum atomic E-state index is 11.0. The first-order valence-corrected chi connectivity index (χ1v) is 4.26. The molecule has 1 heterocycles. The van der Waals surface area contributed by atoms with Crippen LogP contribution in [0, 0.1) is 0 Å². The van der Waals surface area contributed by atoms with Crippen molar-refractivity contribution in [3.8, 4) is 0 Å². The quantitative estimate of drug-likeness (QED) is 0.497. The van der Waals surface area contributed by atoms with Crippen LogP contribution < -0.4 is 0 Å². The van der Waals surface area contributed by atoms with Gasteiger partial charge in [-0.1, -0.05) is 0 Å².